The van der Waals surface area contributed by atoms with Gasteiger partial charge in [-0.1, -0.05) is 34.8 Å². The van der Waals surface area contributed by atoms with Crippen LogP contribution in [0.3, 0.4) is 0 Å². The molecule has 0 amide bonds. The summed E-state index contributed by atoms with van der Waals surface area (Å²) in [6.07, 6.45) is 8.93. The Labute approximate surface area is 167 Å². The Morgan fingerprint density at radius 1 is 0.571 bits per heavy atom. The van der Waals surface area contributed by atoms with E-state index in [0.717, 1.165) is 0 Å². The van der Waals surface area contributed by atoms with Crippen molar-refractivity contribution in [2.75, 3.05) is 0 Å². The third-order valence-corrected chi connectivity index (χ3v) is 1.87. The van der Waals surface area contributed by atoms with E-state index in [-0.39, 0.29) is 51.2 Å². The first-order chi connectivity index (χ1) is 8.68. The molecular formula is C9H6Cl3Cu3N6. The van der Waals surface area contributed by atoms with Gasteiger partial charge in [-0.25, -0.2) is 0 Å². The SMILES string of the molecule is Clc1cn[n-]c1.Clc1cn[n-]c1.Clc1cn[n-]c1.[Cu+].[Cu+].[Cu+]. The van der Waals surface area contributed by atoms with Gasteiger partial charge in [-0.15, -0.1) is 18.6 Å². The van der Waals surface area contributed by atoms with Gasteiger partial charge in [0.15, 0.2) is 0 Å². The molecule has 0 bridgehead atoms. The van der Waals surface area contributed by atoms with Crippen molar-refractivity contribution in [3.63, 3.8) is 0 Å². The molecule has 0 aliphatic rings. The molecule has 0 saturated carbocycles. The Hall–Kier alpha value is 0.0584. The third-order valence-electron chi connectivity index (χ3n) is 1.29. The normalized spacial score (nSPS) is 7.57. The minimum atomic E-state index is 0. The minimum absolute atomic E-state index is 0. The summed E-state index contributed by atoms with van der Waals surface area (Å²) in [5.41, 5.74) is 0. The first-order valence-electron chi connectivity index (χ1n) is 4.45. The molecule has 0 N–H and O–H groups in total. The number of hydrogen-bond acceptors (Lipinski definition) is 3. The maximum absolute atomic E-state index is 5.33. The van der Waals surface area contributed by atoms with Crippen LogP contribution in [0.4, 0.5) is 0 Å². The Balaban J connectivity index is -0.000000216. The molecule has 3 rings (SSSR count). The summed E-state index contributed by atoms with van der Waals surface area (Å²) in [4.78, 5) is 0. The number of nitrogens with zero attached hydrogens (tertiary/aromatic N) is 6. The van der Waals surface area contributed by atoms with E-state index in [0.29, 0.717) is 15.1 Å². The van der Waals surface area contributed by atoms with Gasteiger partial charge in [0.25, 0.3) is 0 Å². The number of aromatic nitrogens is 6. The summed E-state index contributed by atoms with van der Waals surface area (Å²) >= 11 is 16.0. The molecule has 3 aromatic rings. The molecule has 0 aliphatic heterocycles. The van der Waals surface area contributed by atoms with Crippen molar-refractivity contribution in [2.45, 2.75) is 0 Å². The van der Waals surface area contributed by atoms with Crippen LogP contribution < -0.4 is 15.3 Å². The third kappa shape index (κ3) is 14.8. The smallest absolute Gasteiger partial charge is 0.581 e. The molecular weight excluding hydrogens is 489 g/mol. The molecule has 126 valence electrons. The average molecular weight is 495 g/mol. The molecule has 0 atom stereocenters. The number of rotatable bonds is 0. The maximum atomic E-state index is 5.33. The topological polar surface area (TPSA) is 81.0 Å². The summed E-state index contributed by atoms with van der Waals surface area (Å²) in [5.74, 6) is 0. The van der Waals surface area contributed by atoms with Crippen LogP contribution in [0.15, 0.2) is 37.2 Å². The molecule has 0 spiro atoms. The number of hydrogen-bond donors (Lipinski definition) is 0. The summed E-state index contributed by atoms with van der Waals surface area (Å²) in [6.45, 7) is 0. The first-order valence-corrected chi connectivity index (χ1v) is 5.58. The van der Waals surface area contributed by atoms with Crippen molar-refractivity contribution in [1.29, 1.82) is 0 Å². The van der Waals surface area contributed by atoms with Crippen LogP contribution >= 0.6 is 34.8 Å². The Morgan fingerprint density at radius 3 is 0.857 bits per heavy atom. The standard InChI is InChI=1S/3C3H2ClN2.3Cu/c3*4-3-1-5-6-2-3;;;/h3*1-2H;;;/q3*-1;3*+1. The second-order valence-corrected chi connectivity index (χ2v) is 3.93. The second kappa shape index (κ2) is 16.4. The fourth-order valence-corrected chi connectivity index (χ4v) is 0.893. The monoisotopic (exact) mass is 492 g/mol. The van der Waals surface area contributed by atoms with E-state index in [1.807, 2.05) is 0 Å². The molecule has 12 heteroatoms. The van der Waals surface area contributed by atoms with Crippen molar-refractivity contribution in [1.82, 2.24) is 30.6 Å². The van der Waals surface area contributed by atoms with Crippen LogP contribution in [0.25, 0.3) is 0 Å². The van der Waals surface area contributed by atoms with E-state index < -0.39 is 0 Å². The van der Waals surface area contributed by atoms with E-state index in [9.17, 15) is 0 Å². The minimum Gasteiger partial charge on any atom is -0.581 e. The molecule has 0 saturated heterocycles. The van der Waals surface area contributed by atoms with Crippen molar-refractivity contribution in [3.05, 3.63) is 52.2 Å². The second-order valence-electron chi connectivity index (χ2n) is 2.62. The van der Waals surface area contributed by atoms with Crippen LogP contribution in [-0.4, -0.2) is 15.3 Å². The summed E-state index contributed by atoms with van der Waals surface area (Å²) in [7, 11) is 0. The fraction of sp³-hybridized carbons (Fsp3) is 0. The molecule has 0 aliphatic carbocycles. The van der Waals surface area contributed by atoms with Gasteiger partial charge in [0, 0.05) is 33.7 Å². The van der Waals surface area contributed by atoms with Gasteiger partial charge in [-0.05, 0) is 0 Å². The largest absolute Gasteiger partial charge is 1.00 e. The quantitative estimate of drug-likeness (QED) is 0.445. The Kier molecular flexibility index (Phi) is 20.3. The fourth-order valence-electron chi connectivity index (χ4n) is 0.631. The van der Waals surface area contributed by atoms with Crippen LogP contribution in [0.2, 0.25) is 15.1 Å². The predicted octanol–water partition coefficient (Wildman–Crippen LogP) is 2.07. The van der Waals surface area contributed by atoms with Crippen LogP contribution in [0.1, 0.15) is 0 Å². The Bertz CT molecular complexity index is 426. The van der Waals surface area contributed by atoms with Crippen LogP contribution in [-0.2, 0) is 51.2 Å². The van der Waals surface area contributed by atoms with Gasteiger partial charge >= 0.3 is 51.2 Å². The van der Waals surface area contributed by atoms with Crippen molar-refractivity contribution >= 4 is 34.8 Å². The van der Waals surface area contributed by atoms with Crippen molar-refractivity contribution < 1.29 is 51.2 Å². The molecule has 0 aromatic carbocycles. The van der Waals surface area contributed by atoms with Gasteiger partial charge in [0.05, 0.1) is 0 Å². The van der Waals surface area contributed by atoms with E-state index in [4.69, 9.17) is 34.8 Å². The average Bonchev–Trinajstić information content (AvgIpc) is 3.05. The first kappa shape index (κ1) is 26.0. The van der Waals surface area contributed by atoms with Gasteiger partial charge in [-0.2, -0.15) is 0 Å². The van der Waals surface area contributed by atoms with Gasteiger partial charge in [0.1, 0.15) is 0 Å². The van der Waals surface area contributed by atoms with Gasteiger partial charge in [0.2, 0.25) is 0 Å². The Morgan fingerprint density at radius 2 is 0.810 bits per heavy atom. The summed E-state index contributed by atoms with van der Waals surface area (Å²) < 4.78 is 0. The zero-order valence-corrected chi connectivity index (χ0v) is 14.8. The van der Waals surface area contributed by atoms with E-state index in [1.54, 1.807) is 0 Å². The predicted molar refractivity (Wildman–Crippen MR) is 67.7 cm³/mol. The zero-order chi connectivity index (χ0) is 13.2. The van der Waals surface area contributed by atoms with Crippen molar-refractivity contribution in [2.24, 2.45) is 0 Å². The molecule has 0 radical (unpaired) electrons. The zero-order valence-electron chi connectivity index (χ0n) is 9.69. The van der Waals surface area contributed by atoms with Gasteiger partial charge < -0.3 is 30.6 Å². The van der Waals surface area contributed by atoms with E-state index in [1.165, 1.54) is 37.2 Å². The maximum Gasteiger partial charge on any atom is 1.00 e. The number of halogens is 3. The molecule has 21 heavy (non-hydrogen) atoms. The van der Waals surface area contributed by atoms with Crippen LogP contribution in [0, 0.1) is 0 Å². The van der Waals surface area contributed by atoms with Gasteiger partial charge in [-0.3, -0.25) is 0 Å². The summed E-state index contributed by atoms with van der Waals surface area (Å²) in [6, 6.07) is 0. The van der Waals surface area contributed by atoms with E-state index in [2.05, 4.69) is 30.6 Å². The molecule has 6 nitrogen and oxygen atoms in total. The van der Waals surface area contributed by atoms with Crippen molar-refractivity contribution in [3.8, 4) is 0 Å². The summed E-state index contributed by atoms with van der Waals surface area (Å²) in [5, 5.41) is 22.4. The molecule has 0 fully saturated rings. The molecule has 3 heterocycles. The molecule has 3 aromatic heterocycles. The molecule has 0 unspecified atom stereocenters. The van der Waals surface area contributed by atoms with E-state index >= 15 is 0 Å². The van der Waals surface area contributed by atoms with Crippen LogP contribution in [0.5, 0.6) is 0 Å².